The number of aromatic nitrogens is 2. The van der Waals surface area contributed by atoms with Crippen LogP contribution in [0.1, 0.15) is 29.1 Å². The van der Waals surface area contributed by atoms with Gasteiger partial charge in [-0.05, 0) is 24.6 Å². The molecule has 0 bridgehead atoms. The maximum absolute atomic E-state index is 12.1. The van der Waals surface area contributed by atoms with Gasteiger partial charge in [-0.15, -0.1) is 0 Å². The largest absolute Gasteiger partial charge is 0.467 e. The summed E-state index contributed by atoms with van der Waals surface area (Å²) < 4.78 is 15.0. The van der Waals surface area contributed by atoms with Gasteiger partial charge in [0, 0.05) is 44.6 Å². The molecule has 3 rings (SSSR count). The summed E-state index contributed by atoms with van der Waals surface area (Å²) in [5, 5.41) is 3.63. The molecule has 2 aromatic heterocycles. The highest BCUT2D eigenvalue weighted by Gasteiger charge is 2.16. The molecule has 0 radical (unpaired) electrons. The van der Waals surface area contributed by atoms with Crippen LogP contribution in [-0.2, 0) is 22.5 Å². The molecule has 29 heavy (non-hydrogen) atoms. The fourth-order valence-corrected chi connectivity index (χ4v) is 3.49. The molecule has 0 aliphatic rings. The smallest absolute Gasteiger partial charge is 0.221 e. The number of hydrogen-bond donors (Lipinski definition) is 1. The molecule has 0 unspecified atom stereocenters. The Labute approximate surface area is 174 Å². The van der Waals surface area contributed by atoms with Crippen LogP contribution in [0.25, 0.3) is 0 Å². The number of ether oxygens (including phenoxy) is 1. The van der Waals surface area contributed by atoms with Crippen molar-refractivity contribution in [3.05, 3.63) is 65.4 Å². The fraction of sp³-hybridized carbons (Fsp3) is 0.381. The summed E-state index contributed by atoms with van der Waals surface area (Å²) in [5.41, 5.74) is 2.41. The summed E-state index contributed by atoms with van der Waals surface area (Å²) in [6.07, 6.45) is 2.69. The fourth-order valence-electron chi connectivity index (χ4n) is 2.78. The second kappa shape index (κ2) is 10.7. The average Bonchev–Trinajstić information content (AvgIpc) is 3.39. The van der Waals surface area contributed by atoms with Gasteiger partial charge in [-0.3, -0.25) is 4.79 Å². The molecule has 0 atom stereocenters. The topological polar surface area (TPSA) is 80.5 Å². The van der Waals surface area contributed by atoms with Crippen LogP contribution in [0.4, 0.5) is 5.13 Å². The third-order valence-electron chi connectivity index (χ3n) is 4.37. The Morgan fingerprint density at radius 1 is 1.28 bits per heavy atom. The van der Waals surface area contributed by atoms with Crippen molar-refractivity contribution in [1.82, 2.24) is 14.7 Å². The third kappa shape index (κ3) is 6.69. The minimum Gasteiger partial charge on any atom is -0.467 e. The Hall–Kier alpha value is -2.71. The standard InChI is InChI=1S/C21H26N4O3S/c1-16-5-7-17(8-6-16)14-19-23-21(29-24-19)25(15-18-4-3-12-28-18)11-9-20(26)22-10-13-27-2/h3-8,12H,9-11,13-15H2,1-2H3,(H,22,26). The first-order valence-electron chi connectivity index (χ1n) is 9.55. The van der Waals surface area contributed by atoms with E-state index in [2.05, 4.69) is 40.9 Å². The van der Waals surface area contributed by atoms with E-state index < -0.39 is 0 Å². The molecule has 1 aromatic carbocycles. The van der Waals surface area contributed by atoms with Crippen LogP contribution in [0.3, 0.4) is 0 Å². The molecule has 0 saturated carbocycles. The van der Waals surface area contributed by atoms with E-state index in [4.69, 9.17) is 14.1 Å². The van der Waals surface area contributed by atoms with Crippen molar-refractivity contribution in [2.24, 2.45) is 0 Å². The van der Waals surface area contributed by atoms with Crippen molar-refractivity contribution in [3.63, 3.8) is 0 Å². The molecular weight excluding hydrogens is 388 g/mol. The number of benzene rings is 1. The highest BCUT2D eigenvalue weighted by Crippen LogP contribution is 2.22. The zero-order chi connectivity index (χ0) is 20.5. The van der Waals surface area contributed by atoms with Crippen LogP contribution in [-0.4, -0.2) is 42.1 Å². The molecule has 3 aromatic rings. The summed E-state index contributed by atoms with van der Waals surface area (Å²) in [6, 6.07) is 12.2. The summed E-state index contributed by atoms with van der Waals surface area (Å²) >= 11 is 1.35. The van der Waals surface area contributed by atoms with Crippen molar-refractivity contribution < 1.29 is 13.9 Å². The van der Waals surface area contributed by atoms with E-state index in [9.17, 15) is 4.79 Å². The van der Waals surface area contributed by atoms with E-state index in [0.29, 0.717) is 39.1 Å². The molecule has 0 fully saturated rings. The van der Waals surface area contributed by atoms with Crippen molar-refractivity contribution in [2.45, 2.75) is 26.3 Å². The first kappa shape index (κ1) is 21.0. The van der Waals surface area contributed by atoms with Crippen LogP contribution in [0.15, 0.2) is 47.1 Å². The van der Waals surface area contributed by atoms with E-state index in [1.165, 1.54) is 22.7 Å². The molecule has 0 aliphatic heterocycles. The number of aryl methyl sites for hydroxylation is 1. The lowest BCUT2D eigenvalue weighted by Crippen LogP contribution is -2.32. The Kier molecular flexibility index (Phi) is 7.77. The number of amides is 1. The van der Waals surface area contributed by atoms with E-state index >= 15 is 0 Å². The van der Waals surface area contributed by atoms with Crippen LogP contribution in [0, 0.1) is 6.92 Å². The highest BCUT2D eigenvalue weighted by molar-refractivity contribution is 7.09. The second-order valence-electron chi connectivity index (χ2n) is 6.75. The number of furan rings is 1. The Balaban J connectivity index is 1.64. The summed E-state index contributed by atoms with van der Waals surface area (Å²) in [4.78, 5) is 18.8. The van der Waals surface area contributed by atoms with Crippen molar-refractivity contribution in [1.29, 1.82) is 0 Å². The lowest BCUT2D eigenvalue weighted by atomic mass is 10.1. The molecule has 8 heteroatoms. The number of rotatable bonds is 11. The number of nitrogens with one attached hydrogen (secondary N) is 1. The number of hydrogen-bond acceptors (Lipinski definition) is 7. The van der Waals surface area contributed by atoms with E-state index in [0.717, 1.165) is 16.7 Å². The van der Waals surface area contributed by atoms with Gasteiger partial charge in [0.25, 0.3) is 0 Å². The molecule has 2 heterocycles. The van der Waals surface area contributed by atoms with Crippen molar-refractivity contribution >= 4 is 22.6 Å². The summed E-state index contributed by atoms with van der Waals surface area (Å²) in [5.74, 6) is 1.58. The zero-order valence-corrected chi connectivity index (χ0v) is 17.6. The lowest BCUT2D eigenvalue weighted by molar-refractivity contribution is -0.121. The predicted molar refractivity (Wildman–Crippen MR) is 113 cm³/mol. The van der Waals surface area contributed by atoms with Gasteiger partial charge in [0.2, 0.25) is 11.0 Å². The Morgan fingerprint density at radius 2 is 2.10 bits per heavy atom. The van der Waals surface area contributed by atoms with Gasteiger partial charge in [-0.2, -0.15) is 4.37 Å². The molecule has 7 nitrogen and oxygen atoms in total. The second-order valence-corrected chi connectivity index (χ2v) is 7.48. The van der Waals surface area contributed by atoms with Crippen LogP contribution < -0.4 is 10.2 Å². The van der Waals surface area contributed by atoms with Crippen LogP contribution >= 0.6 is 11.5 Å². The predicted octanol–water partition coefficient (Wildman–Crippen LogP) is 3.19. The van der Waals surface area contributed by atoms with E-state index in [-0.39, 0.29) is 5.91 Å². The van der Waals surface area contributed by atoms with Gasteiger partial charge in [0.1, 0.15) is 11.6 Å². The van der Waals surface area contributed by atoms with Crippen LogP contribution in [0.2, 0.25) is 0 Å². The number of carbonyl (C=O) groups excluding carboxylic acids is 1. The van der Waals surface area contributed by atoms with Gasteiger partial charge in [-0.1, -0.05) is 29.8 Å². The maximum Gasteiger partial charge on any atom is 0.221 e. The Bertz CT molecular complexity index is 878. The normalized spacial score (nSPS) is 10.8. The molecule has 0 aliphatic carbocycles. The minimum absolute atomic E-state index is 0.0177. The average molecular weight is 415 g/mol. The van der Waals surface area contributed by atoms with E-state index in [1.54, 1.807) is 13.4 Å². The van der Waals surface area contributed by atoms with Crippen molar-refractivity contribution in [3.8, 4) is 0 Å². The zero-order valence-electron chi connectivity index (χ0n) is 16.8. The SMILES string of the molecule is COCCNC(=O)CCN(Cc1ccco1)c1nc(Cc2ccc(C)cc2)ns1. The van der Waals surface area contributed by atoms with Gasteiger partial charge >= 0.3 is 0 Å². The third-order valence-corrected chi connectivity index (χ3v) is 5.19. The quantitative estimate of drug-likeness (QED) is 0.486. The number of methoxy groups -OCH3 is 1. The molecule has 0 spiro atoms. The summed E-state index contributed by atoms with van der Waals surface area (Å²) in [6.45, 7) is 4.14. The molecule has 1 amide bonds. The number of nitrogens with zero attached hydrogens (tertiary/aromatic N) is 3. The van der Waals surface area contributed by atoms with Gasteiger partial charge in [0.05, 0.1) is 19.4 Å². The first-order valence-corrected chi connectivity index (χ1v) is 10.3. The minimum atomic E-state index is -0.0177. The van der Waals surface area contributed by atoms with Crippen molar-refractivity contribution in [2.75, 3.05) is 31.7 Å². The van der Waals surface area contributed by atoms with Crippen LogP contribution in [0.5, 0.6) is 0 Å². The van der Waals surface area contributed by atoms with Gasteiger partial charge in [0.15, 0.2) is 0 Å². The maximum atomic E-state index is 12.1. The molecular formula is C21H26N4O3S. The number of carbonyl (C=O) groups is 1. The lowest BCUT2D eigenvalue weighted by Gasteiger charge is -2.20. The van der Waals surface area contributed by atoms with Gasteiger partial charge in [-0.25, -0.2) is 4.98 Å². The highest BCUT2D eigenvalue weighted by atomic mass is 32.1. The monoisotopic (exact) mass is 414 g/mol. The summed E-state index contributed by atoms with van der Waals surface area (Å²) in [7, 11) is 1.61. The van der Waals surface area contributed by atoms with E-state index in [1.807, 2.05) is 17.0 Å². The molecule has 1 N–H and O–H groups in total. The number of anilines is 1. The molecule has 0 saturated heterocycles. The Morgan fingerprint density at radius 3 is 2.83 bits per heavy atom. The van der Waals surface area contributed by atoms with Gasteiger partial charge < -0.3 is 19.4 Å². The first-order chi connectivity index (χ1) is 14.1. The molecule has 154 valence electrons.